The molecule has 0 fully saturated rings. The summed E-state index contributed by atoms with van der Waals surface area (Å²) in [5, 5.41) is 2.28. The van der Waals surface area contributed by atoms with E-state index in [1.54, 1.807) is 31.2 Å². The molecule has 1 aliphatic heterocycles. The number of ether oxygens (including phenoxy) is 2. The number of nitrogens with zero attached hydrogens (tertiary/aromatic N) is 1. The topological polar surface area (TPSA) is 55.8 Å². The van der Waals surface area contributed by atoms with Crippen molar-refractivity contribution in [1.29, 1.82) is 0 Å². The van der Waals surface area contributed by atoms with Gasteiger partial charge in [-0.05, 0) is 42.6 Å². The Balaban J connectivity index is 2.12. The summed E-state index contributed by atoms with van der Waals surface area (Å²) >= 11 is 7.68. The summed E-state index contributed by atoms with van der Waals surface area (Å²) in [7, 11) is 2.81. The number of halogens is 1. The van der Waals surface area contributed by atoms with Crippen LogP contribution in [0.1, 0.15) is 11.8 Å². The SMILES string of the molecule is COC(=O)C1=C(C)N(c2ccc(OC)c(Cl)c2)C(=O)/C1=C\c1cccs1. The molecule has 0 bridgehead atoms. The maximum atomic E-state index is 13.1. The van der Waals surface area contributed by atoms with Gasteiger partial charge >= 0.3 is 5.97 Å². The monoisotopic (exact) mass is 389 g/mol. The fraction of sp³-hybridized carbons (Fsp3) is 0.158. The number of hydrogen-bond donors (Lipinski definition) is 0. The van der Waals surface area contributed by atoms with Gasteiger partial charge in [-0.25, -0.2) is 4.79 Å². The van der Waals surface area contributed by atoms with Crippen molar-refractivity contribution >= 4 is 46.6 Å². The summed E-state index contributed by atoms with van der Waals surface area (Å²) in [4.78, 5) is 27.7. The molecule has 7 heteroatoms. The van der Waals surface area contributed by atoms with E-state index in [2.05, 4.69) is 0 Å². The van der Waals surface area contributed by atoms with Gasteiger partial charge in [0.25, 0.3) is 5.91 Å². The van der Waals surface area contributed by atoms with Crippen LogP contribution in [-0.4, -0.2) is 26.1 Å². The third-order valence-electron chi connectivity index (χ3n) is 4.01. The van der Waals surface area contributed by atoms with Crippen molar-refractivity contribution in [1.82, 2.24) is 0 Å². The first-order valence-electron chi connectivity index (χ1n) is 7.70. The first-order valence-corrected chi connectivity index (χ1v) is 8.96. The lowest BCUT2D eigenvalue weighted by Crippen LogP contribution is -2.24. The average molecular weight is 390 g/mol. The number of anilines is 1. The highest BCUT2D eigenvalue weighted by molar-refractivity contribution is 7.10. The minimum atomic E-state index is -0.555. The Morgan fingerprint density at radius 1 is 1.27 bits per heavy atom. The predicted octanol–water partition coefficient (Wildman–Crippen LogP) is 4.29. The van der Waals surface area contributed by atoms with E-state index in [4.69, 9.17) is 21.1 Å². The fourth-order valence-corrected chi connectivity index (χ4v) is 3.71. The van der Waals surface area contributed by atoms with Crippen LogP contribution in [0, 0.1) is 0 Å². The lowest BCUT2D eigenvalue weighted by atomic mass is 10.1. The third kappa shape index (κ3) is 3.13. The van der Waals surface area contributed by atoms with Crippen molar-refractivity contribution in [3.63, 3.8) is 0 Å². The molecule has 0 atom stereocenters. The van der Waals surface area contributed by atoms with Gasteiger partial charge in [-0.15, -0.1) is 11.3 Å². The summed E-state index contributed by atoms with van der Waals surface area (Å²) in [6.45, 7) is 1.71. The molecular formula is C19H16ClNO4S. The van der Waals surface area contributed by atoms with E-state index in [0.717, 1.165) is 4.88 Å². The zero-order valence-electron chi connectivity index (χ0n) is 14.4. The number of carbonyl (C=O) groups is 2. The Bertz CT molecular complexity index is 931. The van der Waals surface area contributed by atoms with Crippen molar-refractivity contribution in [2.45, 2.75) is 6.92 Å². The van der Waals surface area contributed by atoms with E-state index >= 15 is 0 Å². The van der Waals surface area contributed by atoms with Crippen molar-refractivity contribution < 1.29 is 19.1 Å². The molecule has 26 heavy (non-hydrogen) atoms. The Morgan fingerprint density at radius 2 is 2.04 bits per heavy atom. The number of thiophene rings is 1. The molecule has 134 valence electrons. The highest BCUT2D eigenvalue weighted by Gasteiger charge is 2.38. The fourth-order valence-electron chi connectivity index (χ4n) is 2.80. The summed E-state index contributed by atoms with van der Waals surface area (Å²) in [6.07, 6.45) is 1.70. The number of hydrogen-bond acceptors (Lipinski definition) is 5. The van der Waals surface area contributed by atoms with Crippen molar-refractivity contribution in [2.24, 2.45) is 0 Å². The molecule has 3 rings (SSSR count). The number of benzene rings is 1. The van der Waals surface area contributed by atoms with E-state index in [1.165, 1.54) is 30.5 Å². The summed E-state index contributed by atoms with van der Waals surface area (Å²) in [5.41, 5.74) is 1.58. The molecule has 1 aromatic carbocycles. The van der Waals surface area contributed by atoms with Gasteiger partial charge in [-0.3, -0.25) is 9.69 Å². The maximum absolute atomic E-state index is 13.1. The minimum Gasteiger partial charge on any atom is -0.495 e. The first-order chi connectivity index (χ1) is 12.5. The number of allylic oxidation sites excluding steroid dienone is 1. The van der Waals surface area contributed by atoms with Crippen LogP contribution in [0.25, 0.3) is 6.08 Å². The van der Waals surface area contributed by atoms with Gasteiger partial charge in [-0.1, -0.05) is 17.7 Å². The first kappa shape index (κ1) is 18.2. The minimum absolute atomic E-state index is 0.248. The molecule has 0 aliphatic carbocycles. The zero-order chi connectivity index (χ0) is 18.8. The molecule has 0 unspecified atom stereocenters. The Hall–Kier alpha value is -2.57. The molecule has 1 amide bonds. The zero-order valence-corrected chi connectivity index (χ0v) is 16.0. The smallest absolute Gasteiger partial charge is 0.340 e. The summed E-state index contributed by atoms with van der Waals surface area (Å²) in [6, 6.07) is 8.78. The Kier molecular flexibility index (Phi) is 5.15. The number of esters is 1. The number of carbonyl (C=O) groups excluding carboxylic acids is 2. The summed E-state index contributed by atoms with van der Waals surface area (Å²) < 4.78 is 10.0. The second-order valence-electron chi connectivity index (χ2n) is 5.48. The molecule has 0 N–H and O–H groups in total. The maximum Gasteiger partial charge on any atom is 0.340 e. The number of amides is 1. The molecule has 0 radical (unpaired) electrons. The van der Waals surface area contributed by atoms with Crippen molar-refractivity contribution in [2.75, 3.05) is 19.1 Å². The summed E-state index contributed by atoms with van der Waals surface area (Å²) in [5.74, 6) is -0.357. The Labute approximate surface area is 160 Å². The highest BCUT2D eigenvalue weighted by Crippen LogP contribution is 2.38. The third-order valence-corrected chi connectivity index (χ3v) is 5.13. The second-order valence-corrected chi connectivity index (χ2v) is 6.87. The molecule has 1 aliphatic rings. The average Bonchev–Trinajstić information content (AvgIpc) is 3.22. The quantitative estimate of drug-likeness (QED) is 0.578. The van der Waals surface area contributed by atoms with Gasteiger partial charge < -0.3 is 9.47 Å². The molecule has 0 spiro atoms. The van der Waals surface area contributed by atoms with Crippen LogP contribution in [0.2, 0.25) is 5.02 Å². The second kappa shape index (κ2) is 7.35. The van der Waals surface area contributed by atoms with Crippen LogP contribution < -0.4 is 9.64 Å². The van der Waals surface area contributed by atoms with Crippen LogP contribution in [-0.2, 0) is 14.3 Å². The number of methoxy groups -OCH3 is 2. The normalized spacial score (nSPS) is 15.8. The van der Waals surface area contributed by atoms with E-state index in [1.807, 2.05) is 17.5 Å². The molecule has 1 aromatic heterocycles. The van der Waals surface area contributed by atoms with E-state index in [-0.39, 0.29) is 11.5 Å². The standard InChI is InChI=1S/C19H16ClNO4S/c1-11-17(19(23)25-3)14(10-13-5-4-8-26-13)18(22)21(11)12-6-7-16(24-2)15(20)9-12/h4-10H,1-3H3/b14-10-. The van der Waals surface area contributed by atoms with Gasteiger partial charge in [0, 0.05) is 10.6 Å². The van der Waals surface area contributed by atoms with Gasteiger partial charge in [0.05, 0.1) is 36.1 Å². The Morgan fingerprint density at radius 3 is 2.62 bits per heavy atom. The van der Waals surface area contributed by atoms with Crippen molar-refractivity contribution in [3.05, 3.63) is 62.5 Å². The van der Waals surface area contributed by atoms with Crippen molar-refractivity contribution in [3.8, 4) is 5.75 Å². The molecule has 5 nitrogen and oxygen atoms in total. The van der Waals surface area contributed by atoms with Gasteiger partial charge in [0.15, 0.2) is 0 Å². The lowest BCUT2D eigenvalue weighted by molar-refractivity contribution is -0.136. The highest BCUT2D eigenvalue weighted by atomic mass is 35.5. The number of rotatable bonds is 4. The predicted molar refractivity (Wildman–Crippen MR) is 103 cm³/mol. The van der Waals surface area contributed by atoms with Crippen LogP contribution in [0.15, 0.2) is 52.6 Å². The van der Waals surface area contributed by atoms with Crippen LogP contribution in [0.5, 0.6) is 5.75 Å². The van der Waals surface area contributed by atoms with Crippen LogP contribution >= 0.6 is 22.9 Å². The van der Waals surface area contributed by atoms with Gasteiger partial charge in [-0.2, -0.15) is 0 Å². The molecule has 0 saturated carbocycles. The molecular weight excluding hydrogens is 374 g/mol. The van der Waals surface area contributed by atoms with E-state index in [9.17, 15) is 9.59 Å². The molecule has 2 heterocycles. The van der Waals surface area contributed by atoms with Crippen LogP contribution in [0.3, 0.4) is 0 Å². The largest absolute Gasteiger partial charge is 0.495 e. The molecule has 0 saturated heterocycles. The lowest BCUT2D eigenvalue weighted by Gasteiger charge is -2.19. The van der Waals surface area contributed by atoms with Gasteiger partial charge in [0.1, 0.15) is 5.75 Å². The molecule has 2 aromatic rings. The van der Waals surface area contributed by atoms with E-state index in [0.29, 0.717) is 27.7 Å². The van der Waals surface area contributed by atoms with E-state index < -0.39 is 5.97 Å². The van der Waals surface area contributed by atoms with Crippen LogP contribution in [0.4, 0.5) is 5.69 Å². The van der Waals surface area contributed by atoms with Gasteiger partial charge in [0.2, 0.25) is 0 Å².